The maximum absolute atomic E-state index is 5.52. The van der Waals surface area contributed by atoms with Gasteiger partial charge in [0.05, 0.1) is 0 Å². The highest BCUT2D eigenvalue weighted by Crippen LogP contribution is 2.06. The Kier molecular flexibility index (Phi) is 7.59. The molecule has 0 atom stereocenters. The molecule has 0 aromatic carbocycles. The molecule has 4 nitrogen and oxygen atoms in total. The molecule has 0 fully saturated rings. The molecule has 0 aliphatic rings. The first-order valence-electron chi connectivity index (χ1n) is 3.49. The zero-order valence-corrected chi connectivity index (χ0v) is 8.78. The normalized spacial score (nSPS) is 13.9. The third-order valence-corrected chi connectivity index (χ3v) is 1.23. The smallest absolute Gasteiger partial charge is 0.117 e. The highest BCUT2D eigenvalue weighted by Gasteiger charge is 1.83. The summed E-state index contributed by atoms with van der Waals surface area (Å²) >= 11 is 11.0. The number of halogens is 2. The van der Waals surface area contributed by atoms with Crippen molar-refractivity contribution < 1.29 is 0 Å². The largest absolute Gasteiger partial charge is 0.153 e. The maximum atomic E-state index is 5.52. The molecule has 0 bridgehead atoms. The Bertz CT molecular complexity index is 283. The Morgan fingerprint density at radius 3 is 1.50 bits per heavy atom. The SMILES string of the molecule is C=C\C=C(Cl)/N=N\N=N/C(Cl)=C\C=C. The van der Waals surface area contributed by atoms with E-state index in [1.807, 2.05) is 0 Å². The molecule has 0 heterocycles. The number of rotatable bonds is 5. The quantitative estimate of drug-likeness (QED) is 0.292. The van der Waals surface area contributed by atoms with Gasteiger partial charge >= 0.3 is 0 Å². The molecule has 0 radical (unpaired) electrons. The summed E-state index contributed by atoms with van der Waals surface area (Å²) in [5.41, 5.74) is 0. The Hall–Kier alpha value is -1.26. The van der Waals surface area contributed by atoms with E-state index >= 15 is 0 Å². The minimum atomic E-state index is 0.155. The molecule has 0 amide bonds. The van der Waals surface area contributed by atoms with Gasteiger partial charge in [0.25, 0.3) is 0 Å². The molecule has 6 heteroatoms. The van der Waals surface area contributed by atoms with Crippen LogP contribution in [-0.2, 0) is 0 Å². The lowest BCUT2D eigenvalue weighted by Crippen LogP contribution is -1.61. The van der Waals surface area contributed by atoms with E-state index in [9.17, 15) is 0 Å². The van der Waals surface area contributed by atoms with Crippen molar-refractivity contribution in [1.29, 1.82) is 0 Å². The summed E-state index contributed by atoms with van der Waals surface area (Å²) in [5, 5.41) is 13.8. The second-order valence-electron chi connectivity index (χ2n) is 1.83. The molecule has 14 heavy (non-hydrogen) atoms. The zero-order valence-electron chi connectivity index (χ0n) is 7.27. The second-order valence-corrected chi connectivity index (χ2v) is 2.60. The molecule has 0 N–H and O–H groups in total. The topological polar surface area (TPSA) is 49.4 Å². The van der Waals surface area contributed by atoms with Crippen LogP contribution in [0, 0.1) is 0 Å². The van der Waals surface area contributed by atoms with Gasteiger partial charge in [-0.05, 0) is 22.6 Å². The summed E-state index contributed by atoms with van der Waals surface area (Å²) in [6.07, 6.45) is 5.87. The lowest BCUT2D eigenvalue weighted by molar-refractivity contribution is 0.940. The van der Waals surface area contributed by atoms with Crippen LogP contribution < -0.4 is 0 Å². The van der Waals surface area contributed by atoms with Crippen molar-refractivity contribution in [3.05, 3.63) is 47.8 Å². The van der Waals surface area contributed by atoms with Crippen molar-refractivity contribution in [1.82, 2.24) is 0 Å². The van der Waals surface area contributed by atoms with E-state index in [4.69, 9.17) is 23.2 Å². The lowest BCUT2D eigenvalue weighted by Gasteiger charge is -1.81. The summed E-state index contributed by atoms with van der Waals surface area (Å²) < 4.78 is 0. The molecule has 0 aromatic heterocycles. The van der Waals surface area contributed by atoms with Crippen molar-refractivity contribution >= 4 is 23.2 Å². The molecule has 0 unspecified atom stereocenters. The van der Waals surface area contributed by atoms with Crippen LogP contribution in [0.25, 0.3) is 0 Å². The van der Waals surface area contributed by atoms with Gasteiger partial charge in [-0.15, -0.1) is 10.2 Å². The maximum Gasteiger partial charge on any atom is 0.153 e. The van der Waals surface area contributed by atoms with E-state index in [-0.39, 0.29) is 10.3 Å². The zero-order chi connectivity index (χ0) is 10.8. The van der Waals surface area contributed by atoms with Crippen molar-refractivity contribution in [2.45, 2.75) is 0 Å². The summed E-state index contributed by atoms with van der Waals surface area (Å²) in [7, 11) is 0. The molecule has 0 saturated heterocycles. The van der Waals surface area contributed by atoms with Gasteiger partial charge in [-0.3, -0.25) is 0 Å². The summed E-state index contributed by atoms with van der Waals surface area (Å²) in [6, 6.07) is 0. The second kappa shape index (κ2) is 8.34. The fourth-order valence-electron chi connectivity index (χ4n) is 0.387. The molecule has 0 aliphatic heterocycles. The highest BCUT2D eigenvalue weighted by atomic mass is 35.5. The van der Waals surface area contributed by atoms with Crippen LogP contribution in [0.15, 0.2) is 68.4 Å². The average Bonchev–Trinajstić information content (AvgIpc) is 2.13. The molecule has 0 aliphatic carbocycles. The van der Waals surface area contributed by atoms with E-state index in [1.54, 1.807) is 0 Å². The molecular formula is C8H8Cl2N4. The van der Waals surface area contributed by atoms with E-state index in [2.05, 4.69) is 33.8 Å². The third-order valence-electron chi connectivity index (χ3n) is 0.831. The first-order valence-corrected chi connectivity index (χ1v) is 4.24. The van der Waals surface area contributed by atoms with Crippen molar-refractivity contribution in [3.8, 4) is 0 Å². The molecule has 0 rings (SSSR count). The van der Waals surface area contributed by atoms with E-state index < -0.39 is 0 Å². The third kappa shape index (κ3) is 7.39. The van der Waals surface area contributed by atoms with Crippen LogP contribution in [0.5, 0.6) is 0 Å². The molecular weight excluding hydrogens is 223 g/mol. The fraction of sp³-hybridized carbons (Fsp3) is 0. The number of allylic oxidation sites excluding steroid dienone is 4. The van der Waals surface area contributed by atoms with Crippen molar-refractivity contribution in [3.63, 3.8) is 0 Å². The van der Waals surface area contributed by atoms with Crippen LogP contribution in [0.2, 0.25) is 0 Å². The van der Waals surface area contributed by atoms with Gasteiger partial charge < -0.3 is 0 Å². The van der Waals surface area contributed by atoms with Gasteiger partial charge in [0.1, 0.15) is 0 Å². The van der Waals surface area contributed by atoms with Crippen LogP contribution >= 0.6 is 23.2 Å². The van der Waals surface area contributed by atoms with Crippen LogP contribution in [0.1, 0.15) is 0 Å². The predicted molar refractivity (Wildman–Crippen MR) is 58.0 cm³/mol. The van der Waals surface area contributed by atoms with E-state index in [1.165, 1.54) is 24.3 Å². The average molecular weight is 231 g/mol. The van der Waals surface area contributed by atoms with E-state index in [0.717, 1.165) is 0 Å². The van der Waals surface area contributed by atoms with Crippen LogP contribution in [-0.4, -0.2) is 0 Å². The van der Waals surface area contributed by atoms with Gasteiger partial charge in [-0.25, -0.2) is 0 Å². The van der Waals surface area contributed by atoms with Gasteiger partial charge in [0.15, 0.2) is 10.3 Å². The van der Waals surface area contributed by atoms with Gasteiger partial charge in [-0.2, -0.15) is 0 Å². The molecule has 74 valence electrons. The van der Waals surface area contributed by atoms with Gasteiger partial charge in [0.2, 0.25) is 0 Å². The first-order chi connectivity index (χ1) is 6.70. The molecule has 0 saturated carbocycles. The Balaban J connectivity index is 4.17. The standard InChI is InChI=1S/C8H8Cl2N4/c1-3-5-7(9)11-13-14-12-8(10)6-4-2/h3-6H,1-2H2/b7-5-,8-6-,13-11-,14-12-. The number of nitrogens with zero attached hydrogens (tertiary/aromatic N) is 4. The van der Waals surface area contributed by atoms with Crippen molar-refractivity contribution in [2.24, 2.45) is 20.7 Å². The Labute approximate surface area is 92.0 Å². The minimum Gasteiger partial charge on any atom is -0.117 e. The first kappa shape index (κ1) is 12.7. The van der Waals surface area contributed by atoms with Gasteiger partial charge in [0, 0.05) is 0 Å². The number of hydrogen-bond acceptors (Lipinski definition) is 2. The monoisotopic (exact) mass is 230 g/mol. The number of hydrogen-bond donors (Lipinski definition) is 0. The van der Waals surface area contributed by atoms with Crippen molar-refractivity contribution in [2.75, 3.05) is 0 Å². The summed E-state index contributed by atoms with van der Waals surface area (Å²) in [6.45, 7) is 6.85. The molecule has 0 aromatic rings. The Morgan fingerprint density at radius 2 is 1.21 bits per heavy atom. The molecule has 0 spiro atoms. The highest BCUT2D eigenvalue weighted by molar-refractivity contribution is 6.29. The minimum absolute atomic E-state index is 0.155. The van der Waals surface area contributed by atoms with Gasteiger partial charge in [-0.1, -0.05) is 48.5 Å². The fourth-order valence-corrected chi connectivity index (χ4v) is 0.632. The Morgan fingerprint density at radius 1 is 0.857 bits per heavy atom. The van der Waals surface area contributed by atoms with E-state index in [0.29, 0.717) is 0 Å². The van der Waals surface area contributed by atoms with Crippen LogP contribution in [0.4, 0.5) is 0 Å². The lowest BCUT2D eigenvalue weighted by atomic mass is 10.6. The summed E-state index contributed by atoms with van der Waals surface area (Å²) in [4.78, 5) is 0. The van der Waals surface area contributed by atoms with Crippen LogP contribution in [0.3, 0.4) is 0 Å². The summed E-state index contributed by atoms with van der Waals surface area (Å²) in [5.74, 6) is 0. The predicted octanol–water partition coefficient (Wildman–Crippen LogP) is 4.34.